The SMILES string of the molecule is C[N+]1(CF)CCCN1. The fourth-order valence-corrected chi connectivity index (χ4v) is 0.958. The largest absolute Gasteiger partial charge is 0.239 e. The van der Waals surface area contributed by atoms with Crippen molar-refractivity contribution in [3.63, 3.8) is 0 Å². The van der Waals surface area contributed by atoms with Crippen LogP contribution in [0.25, 0.3) is 0 Å². The molecule has 1 unspecified atom stereocenters. The fraction of sp³-hybridized carbons (Fsp3) is 1.00. The third-order valence-electron chi connectivity index (χ3n) is 1.59. The molecule has 0 aliphatic carbocycles. The number of hydrogen-bond donors (Lipinski definition) is 1. The van der Waals surface area contributed by atoms with E-state index in [2.05, 4.69) is 5.43 Å². The zero-order valence-electron chi connectivity index (χ0n) is 5.15. The predicted octanol–water partition coefficient (Wildman–Crippen LogP) is 0.268. The standard InChI is InChI=1S/C5H12FN2/c1-8(5-6)4-2-3-7-8/h7H,2-5H2,1H3/q+1. The molecule has 0 aromatic carbocycles. The van der Waals surface area contributed by atoms with Crippen molar-refractivity contribution in [2.75, 3.05) is 26.9 Å². The molecule has 3 heteroatoms. The van der Waals surface area contributed by atoms with Gasteiger partial charge in [0.05, 0.1) is 20.1 Å². The number of halogens is 1. The zero-order valence-corrected chi connectivity index (χ0v) is 5.15. The maximum Gasteiger partial charge on any atom is 0.239 e. The highest BCUT2D eigenvalue weighted by molar-refractivity contribution is 4.44. The maximum absolute atomic E-state index is 12.0. The number of alkyl halides is 1. The summed E-state index contributed by atoms with van der Waals surface area (Å²) < 4.78 is 12.4. The van der Waals surface area contributed by atoms with Crippen LogP contribution in [0, 0.1) is 0 Å². The van der Waals surface area contributed by atoms with Gasteiger partial charge in [-0.05, 0) is 0 Å². The molecule has 1 N–H and O–H groups in total. The number of hydrogen-bond acceptors (Lipinski definition) is 1. The van der Waals surface area contributed by atoms with Gasteiger partial charge in [-0.25, -0.2) is 4.59 Å². The minimum atomic E-state index is -0.292. The second-order valence-electron chi connectivity index (χ2n) is 2.50. The van der Waals surface area contributed by atoms with Crippen LogP contribution in [0.2, 0.25) is 0 Å². The first kappa shape index (κ1) is 5.98. The summed E-state index contributed by atoms with van der Waals surface area (Å²) in [6.07, 6.45) is 1.10. The summed E-state index contributed by atoms with van der Waals surface area (Å²) in [6.45, 7) is 1.59. The molecule has 1 atom stereocenters. The van der Waals surface area contributed by atoms with Gasteiger partial charge < -0.3 is 0 Å². The Kier molecular flexibility index (Phi) is 1.49. The van der Waals surface area contributed by atoms with Crippen LogP contribution in [0.3, 0.4) is 0 Å². The number of quaternary nitrogens is 1. The van der Waals surface area contributed by atoms with Gasteiger partial charge >= 0.3 is 0 Å². The van der Waals surface area contributed by atoms with Crippen molar-refractivity contribution in [3.05, 3.63) is 0 Å². The molecule has 1 rings (SSSR count). The molecular formula is C5H12FN2+. The van der Waals surface area contributed by atoms with Crippen molar-refractivity contribution >= 4 is 0 Å². The van der Waals surface area contributed by atoms with E-state index in [1.54, 1.807) is 0 Å². The third kappa shape index (κ3) is 0.980. The lowest BCUT2D eigenvalue weighted by molar-refractivity contribution is -0.950. The molecular weight excluding hydrogens is 107 g/mol. The van der Waals surface area contributed by atoms with Gasteiger partial charge in [-0.1, -0.05) is 0 Å². The van der Waals surface area contributed by atoms with Crippen LogP contribution in [0.1, 0.15) is 6.42 Å². The van der Waals surface area contributed by atoms with Gasteiger partial charge in [0, 0.05) is 6.42 Å². The molecule has 48 valence electrons. The van der Waals surface area contributed by atoms with Crippen molar-refractivity contribution in [1.82, 2.24) is 5.43 Å². The van der Waals surface area contributed by atoms with Crippen LogP contribution < -0.4 is 5.43 Å². The van der Waals surface area contributed by atoms with E-state index in [1.807, 2.05) is 7.05 Å². The highest BCUT2D eigenvalue weighted by Gasteiger charge is 2.25. The van der Waals surface area contributed by atoms with Crippen LogP contribution in [-0.2, 0) is 0 Å². The molecule has 1 aliphatic heterocycles. The first-order valence-electron chi connectivity index (χ1n) is 2.92. The second kappa shape index (κ2) is 1.99. The summed E-state index contributed by atoms with van der Waals surface area (Å²) in [5.41, 5.74) is 3.05. The van der Waals surface area contributed by atoms with E-state index in [-0.39, 0.29) is 6.80 Å². The van der Waals surface area contributed by atoms with Crippen molar-refractivity contribution in [3.8, 4) is 0 Å². The van der Waals surface area contributed by atoms with E-state index in [0.717, 1.165) is 19.5 Å². The summed E-state index contributed by atoms with van der Waals surface area (Å²) in [5, 5.41) is 0. The van der Waals surface area contributed by atoms with Crippen molar-refractivity contribution < 1.29 is 8.98 Å². The summed E-state index contributed by atoms with van der Waals surface area (Å²) in [7, 11) is 1.87. The van der Waals surface area contributed by atoms with Gasteiger partial charge in [0.2, 0.25) is 6.80 Å². The van der Waals surface area contributed by atoms with E-state index >= 15 is 0 Å². The van der Waals surface area contributed by atoms with E-state index in [9.17, 15) is 4.39 Å². The molecule has 2 nitrogen and oxygen atoms in total. The molecule has 0 saturated carbocycles. The third-order valence-corrected chi connectivity index (χ3v) is 1.59. The maximum atomic E-state index is 12.0. The fourth-order valence-electron chi connectivity index (χ4n) is 0.958. The molecule has 0 radical (unpaired) electrons. The smallest absolute Gasteiger partial charge is 0.222 e. The van der Waals surface area contributed by atoms with Crippen LogP contribution in [-0.4, -0.2) is 31.5 Å². The highest BCUT2D eigenvalue weighted by atomic mass is 19.1. The molecule has 1 heterocycles. The van der Waals surface area contributed by atoms with Gasteiger partial charge in [-0.3, -0.25) is 0 Å². The van der Waals surface area contributed by atoms with Crippen molar-refractivity contribution in [2.45, 2.75) is 6.42 Å². The Labute approximate surface area is 48.8 Å². The van der Waals surface area contributed by atoms with Crippen LogP contribution in [0.4, 0.5) is 4.39 Å². The van der Waals surface area contributed by atoms with Gasteiger partial charge in [0.15, 0.2) is 0 Å². The van der Waals surface area contributed by atoms with Crippen LogP contribution >= 0.6 is 0 Å². The predicted molar refractivity (Wildman–Crippen MR) is 29.6 cm³/mol. The molecule has 0 bridgehead atoms. The number of rotatable bonds is 1. The Morgan fingerprint density at radius 1 is 1.75 bits per heavy atom. The first-order chi connectivity index (χ1) is 3.77. The normalized spacial score (nSPS) is 38.2. The molecule has 8 heavy (non-hydrogen) atoms. The molecule has 1 aliphatic rings. The number of nitrogens with one attached hydrogen (secondary N) is 1. The minimum Gasteiger partial charge on any atom is -0.222 e. The van der Waals surface area contributed by atoms with Gasteiger partial charge in [-0.15, -0.1) is 0 Å². The summed E-state index contributed by atoms with van der Waals surface area (Å²) in [6, 6.07) is 0. The second-order valence-corrected chi connectivity index (χ2v) is 2.50. The van der Waals surface area contributed by atoms with Crippen molar-refractivity contribution in [1.29, 1.82) is 0 Å². The van der Waals surface area contributed by atoms with Gasteiger partial charge in [-0.2, -0.15) is 9.82 Å². The Morgan fingerprint density at radius 3 is 2.75 bits per heavy atom. The highest BCUT2D eigenvalue weighted by Crippen LogP contribution is 2.05. The summed E-state index contributed by atoms with van der Waals surface area (Å²) in [4.78, 5) is 0. The zero-order chi connectivity index (χ0) is 6.04. The van der Waals surface area contributed by atoms with Gasteiger partial charge in [0.25, 0.3) is 0 Å². The topological polar surface area (TPSA) is 12.0 Å². The average Bonchev–Trinajstić information content (AvgIpc) is 2.17. The Hall–Kier alpha value is -0.150. The molecule has 0 amide bonds. The molecule has 0 aromatic rings. The number of nitrogens with zero attached hydrogens (tertiary/aromatic N) is 1. The van der Waals surface area contributed by atoms with E-state index in [0.29, 0.717) is 4.59 Å². The molecule has 1 saturated heterocycles. The van der Waals surface area contributed by atoms with E-state index in [4.69, 9.17) is 0 Å². The lowest BCUT2D eigenvalue weighted by Crippen LogP contribution is -2.48. The first-order valence-corrected chi connectivity index (χ1v) is 2.92. The lowest BCUT2D eigenvalue weighted by atomic mass is 10.4. The Bertz CT molecular complexity index is 78.5. The lowest BCUT2D eigenvalue weighted by Gasteiger charge is -2.23. The molecule has 1 fully saturated rings. The summed E-state index contributed by atoms with van der Waals surface area (Å²) >= 11 is 0. The molecule has 0 aromatic heterocycles. The minimum absolute atomic E-state index is 0.292. The quantitative estimate of drug-likeness (QED) is 0.386. The monoisotopic (exact) mass is 119 g/mol. The Balaban J connectivity index is 2.40. The Morgan fingerprint density at radius 2 is 2.50 bits per heavy atom. The van der Waals surface area contributed by atoms with Crippen molar-refractivity contribution in [2.24, 2.45) is 0 Å². The van der Waals surface area contributed by atoms with Gasteiger partial charge in [0.1, 0.15) is 0 Å². The molecule has 0 spiro atoms. The van der Waals surface area contributed by atoms with Crippen LogP contribution in [0.15, 0.2) is 0 Å². The average molecular weight is 119 g/mol. The van der Waals surface area contributed by atoms with E-state index in [1.165, 1.54) is 0 Å². The summed E-state index contributed by atoms with van der Waals surface area (Å²) in [5.74, 6) is 0. The van der Waals surface area contributed by atoms with E-state index < -0.39 is 0 Å². The van der Waals surface area contributed by atoms with Crippen LogP contribution in [0.5, 0.6) is 0 Å².